The Morgan fingerprint density at radius 2 is 2.07 bits per heavy atom. The first-order valence-electron chi connectivity index (χ1n) is 9.02. The van der Waals surface area contributed by atoms with Gasteiger partial charge < -0.3 is 20.1 Å². The summed E-state index contributed by atoms with van der Waals surface area (Å²) in [6.45, 7) is 3.89. The second-order valence-electron chi connectivity index (χ2n) is 8.12. The van der Waals surface area contributed by atoms with Crippen molar-refractivity contribution >= 4 is 17.8 Å². The van der Waals surface area contributed by atoms with E-state index in [2.05, 4.69) is 5.32 Å². The largest absolute Gasteiger partial charge is 0.493 e. The van der Waals surface area contributed by atoms with Crippen LogP contribution in [0.1, 0.15) is 25.3 Å². The maximum absolute atomic E-state index is 12.8. The van der Waals surface area contributed by atoms with Crippen molar-refractivity contribution in [3.05, 3.63) is 29.8 Å². The summed E-state index contributed by atoms with van der Waals surface area (Å²) in [5.41, 5.74) is -0.597. The van der Waals surface area contributed by atoms with E-state index in [9.17, 15) is 19.5 Å². The number of para-hydroxylation sites is 1. The number of nitrogens with zero attached hydrogens (tertiary/aromatic N) is 2. The second-order valence-corrected chi connectivity index (χ2v) is 8.12. The summed E-state index contributed by atoms with van der Waals surface area (Å²) in [7, 11) is 0. The Morgan fingerprint density at radius 1 is 1.33 bits per heavy atom. The molecule has 2 fully saturated rings. The van der Waals surface area contributed by atoms with Gasteiger partial charge in [-0.3, -0.25) is 14.5 Å². The molecule has 3 aliphatic heterocycles. The van der Waals surface area contributed by atoms with E-state index in [0.717, 1.165) is 16.2 Å². The van der Waals surface area contributed by atoms with Gasteiger partial charge in [0, 0.05) is 19.0 Å². The summed E-state index contributed by atoms with van der Waals surface area (Å²) < 4.78 is 5.83. The van der Waals surface area contributed by atoms with E-state index in [4.69, 9.17) is 4.74 Å². The number of urea groups is 1. The minimum absolute atomic E-state index is 0.0454. The van der Waals surface area contributed by atoms with Gasteiger partial charge in [0.15, 0.2) is 0 Å². The molecule has 8 heteroatoms. The summed E-state index contributed by atoms with van der Waals surface area (Å²) in [6, 6.07) is 7.09. The fourth-order valence-electron chi connectivity index (χ4n) is 4.26. The number of fused-ring (bicyclic) bond motifs is 3. The first-order valence-corrected chi connectivity index (χ1v) is 9.02. The lowest BCUT2D eigenvalue weighted by Crippen LogP contribution is -2.45. The molecule has 8 nitrogen and oxygen atoms in total. The quantitative estimate of drug-likeness (QED) is 0.743. The van der Waals surface area contributed by atoms with Crippen LogP contribution in [0.2, 0.25) is 0 Å². The van der Waals surface area contributed by atoms with Crippen LogP contribution in [0.4, 0.5) is 4.79 Å². The molecular formula is C19H23N3O5. The van der Waals surface area contributed by atoms with Crippen LogP contribution in [0.5, 0.6) is 5.75 Å². The van der Waals surface area contributed by atoms with E-state index in [1.54, 1.807) is 18.7 Å². The number of ether oxygens (including phenoxy) is 1. The third kappa shape index (κ3) is 2.66. The number of hydrogen-bond donors (Lipinski definition) is 2. The molecule has 144 valence electrons. The van der Waals surface area contributed by atoms with Gasteiger partial charge in [0.25, 0.3) is 5.91 Å². The fraction of sp³-hybridized carbons (Fsp3) is 0.526. The van der Waals surface area contributed by atoms with Gasteiger partial charge in [-0.25, -0.2) is 4.79 Å². The normalized spacial score (nSPS) is 28.5. The highest BCUT2D eigenvalue weighted by Gasteiger charge is 2.53. The highest BCUT2D eigenvalue weighted by Crippen LogP contribution is 2.49. The Bertz CT molecular complexity index is 823. The molecule has 0 spiro atoms. The zero-order valence-electron chi connectivity index (χ0n) is 15.4. The molecule has 0 aliphatic carbocycles. The smallest absolute Gasteiger partial charge is 0.325 e. The number of aliphatic hydroxyl groups is 1. The number of carbonyl (C=O) groups is 3. The maximum atomic E-state index is 12.8. The van der Waals surface area contributed by atoms with Crippen molar-refractivity contribution < 1.29 is 24.2 Å². The molecule has 0 saturated carbocycles. The fourth-order valence-corrected chi connectivity index (χ4v) is 4.26. The number of aliphatic hydroxyl groups excluding tert-OH is 1. The Labute approximate surface area is 157 Å². The van der Waals surface area contributed by atoms with Crippen LogP contribution in [0.3, 0.4) is 0 Å². The molecule has 4 amide bonds. The SMILES string of the molecule is CC1(C)NC(=O)N(CC(=O)N2C[C@@H]3c4ccccc4OC[C@]3(CO)C2)C1=O. The molecule has 4 rings (SSSR count). The highest BCUT2D eigenvalue weighted by molar-refractivity contribution is 6.08. The number of benzene rings is 1. The molecule has 0 radical (unpaired) electrons. The predicted octanol–water partition coefficient (Wildman–Crippen LogP) is 0.314. The molecule has 0 aromatic heterocycles. The van der Waals surface area contributed by atoms with Gasteiger partial charge in [0.2, 0.25) is 5.91 Å². The van der Waals surface area contributed by atoms with Crippen molar-refractivity contribution in [2.75, 3.05) is 32.8 Å². The number of amides is 4. The number of nitrogens with one attached hydrogen (secondary N) is 1. The van der Waals surface area contributed by atoms with E-state index in [1.165, 1.54) is 0 Å². The molecule has 3 heterocycles. The lowest BCUT2D eigenvalue weighted by atomic mass is 9.74. The van der Waals surface area contributed by atoms with Crippen molar-refractivity contribution in [1.29, 1.82) is 0 Å². The Kier molecular flexibility index (Phi) is 3.92. The first-order chi connectivity index (χ1) is 12.8. The average Bonchev–Trinajstić information content (AvgIpc) is 3.13. The van der Waals surface area contributed by atoms with E-state index in [1.807, 2.05) is 24.3 Å². The number of rotatable bonds is 3. The van der Waals surface area contributed by atoms with Crippen LogP contribution in [0.15, 0.2) is 24.3 Å². The van der Waals surface area contributed by atoms with Crippen molar-refractivity contribution in [3.8, 4) is 5.75 Å². The summed E-state index contributed by atoms with van der Waals surface area (Å²) in [6.07, 6.45) is 0. The third-order valence-corrected chi connectivity index (χ3v) is 5.86. The van der Waals surface area contributed by atoms with Crippen LogP contribution in [0.25, 0.3) is 0 Å². The van der Waals surface area contributed by atoms with Gasteiger partial charge in [0.1, 0.15) is 17.8 Å². The molecule has 2 saturated heterocycles. The second kappa shape index (κ2) is 5.95. The Morgan fingerprint density at radius 3 is 2.74 bits per heavy atom. The van der Waals surface area contributed by atoms with Crippen molar-refractivity contribution in [1.82, 2.24) is 15.1 Å². The number of imide groups is 1. The summed E-state index contributed by atoms with van der Waals surface area (Å²) in [4.78, 5) is 39.8. The van der Waals surface area contributed by atoms with Crippen LogP contribution in [0, 0.1) is 5.41 Å². The summed E-state index contributed by atoms with van der Waals surface area (Å²) >= 11 is 0. The molecule has 1 aromatic carbocycles. The van der Waals surface area contributed by atoms with E-state index in [0.29, 0.717) is 19.7 Å². The first kappa shape index (κ1) is 17.8. The van der Waals surface area contributed by atoms with E-state index in [-0.39, 0.29) is 25.0 Å². The zero-order chi connectivity index (χ0) is 19.4. The molecule has 0 bridgehead atoms. The van der Waals surface area contributed by atoms with Gasteiger partial charge in [-0.2, -0.15) is 0 Å². The molecule has 27 heavy (non-hydrogen) atoms. The predicted molar refractivity (Wildman–Crippen MR) is 95.1 cm³/mol. The number of hydrogen-bond acceptors (Lipinski definition) is 5. The lowest BCUT2D eigenvalue weighted by molar-refractivity contribution is -0.138. The van der Waals surface area contributed by atoms with Crippen LogP contribution in [-0.4, -0.2) is 71.1 Å². The molecule has 2 N–H and O–H groups in total. The third-order valence-electron chi connectivity index (χ3n) is 5.86. The Hall–Kier alpha value is -2.61. The monoisotopic (exact) mass is 373 g/mol. The van der Waals surface area contributed by atoms with Gasteiger partial charge >= 0.3 is 6.03 Å². The van der Waals surface area contributed by atoms with E-state index >= 15 is 0 Å². The molecule has 0 unspecified atom stereocenters. The van der Waals surface area contributed by atoms with Crippen LogP contribution < -0.4 is 10.1 Å². The van der Waals surface area contributed by atoms with Crippen molar-refractivity contribution in [3.63, 3.8) is 0 Å². The molecule has 2 atom stereocenters. The zero-order valence-corrected chi connectivity index (χ0v) is 15.4. The van der Waals surface area contributed by atoms with Crippen LogP contribution >= 0.6 is 0 Å². The minimum atomic E-state index is -1.00. The van der Waals surface area contributed by atoms with Crippen LogP contribution in [-0.2, 0) is 9.59 Å². The standard InChI is InChI=1S/C19H23N3O5/c1-18(2)16(25)22(17(26)20-18)8-15(24)21-7-13-12-5-3-4-6-14(12)27-11-19(13,9-21)10-23/h3-6,13,23H,7-11H2,1-2H3,(H,20,26)/t13-,19-/m1/s1. The van der Waals surface area contributed by atoms with Crippen molar-refractivity contribution in [2.24, 2.45) is 5.41 Å². The number of likely N-dealkylation sites (tertiary alicyclic amines) is 1. The van der Waals surface area contributed by atoms with Gasteiger partial charge in [0.05, 0.1) is 18.6 Å². The molecular weight excluding hydrogens is 350 g/mol. The molecule has 1 aromatic rings. The number of carbonyl (C=O) groups excluding carboxylic acids is 3. The van der Waals surface area contributed by atoms with E-state index < -0.39 is 22.9 Å². The molecule has 3 aliphatic rings. The highest BCUT2D eigenvalue weighted by atomic mass is 16.5. The average molecular weight is 373 g/mol. The van der Waals surface area contributed by atoms with Crippen molar-refractivity contribution in [2.45, 2.75) is 25.3 Å². The lowest BCUT2D eigenvalue weighted by Gasteiger charge is -2.37. The minimum Gasteiger partial charge on any atom is -0.493 e. The van der Waals surface area contributed by atoms with Gasteiger partial charge in [-0.05, 0) is 25.5 Å². The topological polar surface area (TPSA) is 99.2 Å². The van der Waals surface area contributed by atoms with Gasteiger partial charge in [-0.15, -0.1) is 0 Å². The van der Waals surface area contributed by atoms with Gasteiger partial charge in [-0.1, -0.05) is 18.2 Å². The summed E-state index contributed by atoms with van der Waals surface area (Å²) in [5.74, 6) is 0.00610. The maximum Gasteiger partial charge on any atom is 0.325 e. The Balaban J connectivity index is 1.54. The summed E-state index contributed by atoms with van der Waals surface area (Å²) in [5, 5.41) is 12.6.